The van der Waals surface area contributed by atoms with Gasteiger partial charge in [0, 0.05) is 6.07 Å². The monoisotopic (exact) mass is 295 g/mol. The van der Waals surface area contributed by atoms with Gasteiger partial charge in [0.25, 0.3) is 5.69 Å². The van der Waals surface area contributed by atoms with Gasteiger partial charge in [0.15, 0.2) is 0 Å². The van der Waals surface area contributed by atoms with Gasteiger partial charge in [-0.25, -0.2) is 4.68 Å². The molecule has 0 aliphatic rings. The minimum absolute atomic E-state index is 0.0850. The Balaban J connectivity index is 2.33. The fourth-order valence-electron chi connectivity index (χ4n) is 1.82. The highest BCUT2D eigenvalue weighted by Crippen LogP contribution is 2.26. The molecular weight excluding hydrogens is 282 g/mol. The quantitative estimate of drug-likeness (QED) is 0.675. The van der Waals surface area contributed by atoms with Crippen LogP contribution in [0.2, 0.25) is 5.02 Å². The minimum atomic E-state index is -0.535. The predicted octanol–water partition coefficient (Wildman–Crippen LogP) is 2.63. The molecule has 0 radical (unpaired) electrons. The maximum absolute atomic E-state index is 10.9. The van der Waals surface area contributed by atoms with Crippen LogP contribution in [-0.2, 0) is 0 Å². The average Bonchev–Trinajstić information content (AvgIpc) is 2.89. The van der Waals surface area contributed by atoms with Crippen LogP contribution in [0.1, 0.15) is 31.5 Å². The Morgan fingerprint density at radius 3 is 2.95 bits per heavy atom. The number of hydrogen-bond donors (Lipinski definition) is 1. The number of rotatable bonds is 5. The molecule has 2 N–H and O–H groups in total. The van der Waals surface area contributed by atoms with Crippen LogP contribution < -0.4 is 5.73 Å². The van der Waals surface area contributed by atoms with E-state index in [4.69, 9.17) is 17.3 Å². The smallest absolute Gasteiger partial charge is 0.290 e. The van der Waals surface area contributed by atoms with Crippen LogP contribution in [0.5, 0.6) is 0 Å². The van der Waals surface area contributed by atoms with Crippen molar-refractivity contribution in [1.82, 2.24) is 15.0 Å². The van der Waals surface area contributed by atoms with Crippen LogP contribution in [0.3, 0.4) is 0 Å². The SMILES string of the molecule is CCCC(N)c1cn(-c2ccc(Cl)c([N+](=O)[O-])c2)nn1. The predicted molar refractivity (Wildman–Crippen MR) is 74.9 cm³/mol. The van der Waals surface area contributed by atoms with Crippen LogP contribution in [0, 0.1) is 10.1 Å². The van der Waals surface area contributed by atoms with E-state index in [1.807, 2.05) is 6.92 Å². The van der Waals surface area contributed by atoms with E-state index in [1.165, 1.54) is 16.8 Å². The highest BCUT2D eigenvalue weighted by atomic mass is 35.5. The van der Waals surface area contributed by atoms with Crippen molar-refractivity contribution in [3.63, 3.8) is 0 Å². The van der Waals surface area contributed by atoms with Gasteiger partial charge in [0.2, 0.25) is 0 Å². The second-order valence-electron chi connectivity index (χ2n) is 4.38. The van der Waals surface area contributed by atoms with Gasteiger partial charge in [0.05, 0.1) is 28.5 Å². The van der Waals surface area contributed by atoms with Gasteiger partial charge in [-0.15, -0.1) is 5.10 Å². The van der Waals surface area contributed by atoms with E-state index in [9.17, 15) is 10.1 Å². The molecule has 7 nitrogen and oxygen atoms in total. The molecule has 1 atom stereocenters. The first-order chi connectivity index (χ1) is 9.52. The van der Waals surface area contributed by atoms with Gasteiger partial charge >= 0.3 is 0 Å². The fraction of sp³-hybridized carbons (Fsp3) is 0.333. The molecule has 20 heavy (non-hydrogen) atoms. The topological polar surface area (TPSA) is 99.9 Å². The highest BCUT2D eigenvalue weighted by Gasteiger charge is 2.15. The van der Waals surface area contributed by atoms with Crippen molar-refractivity contribution in [3.8, 4) is 5.69 Å². The normalized spacial score (nSPS) is 12.3. The lowest BCUT2D eigenvalue weighted by atomic mass is 10.1. The number of nitrogens with zero attached hydrogens (tertiary/aromatic N) is 4. The Hall–Kier alpha value is -1.99. The molecule has 0 amide bonds. The molecule has 1 heterocycles. The van der Waals surface area contributed by atoms with Crippen LogP contribution in [0.25, 0.3) is 5.69 Å². The largest absolute Gasteiger partial charge is 0.323 e. The molecule has 8 heteroatoms. The number of aromatic nitrogens is 3. The van der Waals surface area contributed by atoms with E-state index in [0.29, 0.717) is 11.4 Å². The maximum atomic E-state index is 10.9. The van der Waals surface area contributed by atoms with E-state index < -0.39 is 4.92 Å². The van der Waals surface area contributed by atoms with E-state index in [1.54, 1.807) is 12.3 Å². The van der Waals surface area contributed by atoms with Gasteiger partial charge in [-0.1, -0.05) is 30.2 Å². The summed E-state index contributed by atoms with van der Waals surface area (Å²) in [6.07, 6.45) is 3.42. The molecule has 0 bridgehead atoms. The van der Waals surface area contributed by atoms with Crippen molar-refractivity contribution in [1.29, 1.82) is 0 Å². The van der Waals surface area contributed by atoms with Gasteiger partial charge in [-0.05, 0) is 18.6 Å². The van der Waals surface area contributed by atoms with Crippen molar-refractivity contribution in [3.05, 3.63) is 45.2 Å². The van der Waals surface area contributed by atoms with Crippen molar-refractivity contribution in [2.75, 3.05) is 0 Å². The summed E-state index contributed by atoms with van der Waals surface area (Å²) in [6.45, 7) is 2.03. The first-order valence-corrected chi connectivity index (χ1v) is 6.53. The molecule has 0 fully saturated rings. The van der Waals surface area contributed by atoms with Crippen LogP contribution in [0.4, 0.5) is 5.69 Å². The third-order valence-corrected chi connectivity index (χ3v) is 3.20. The number of benzene rings is 1. The van der Waals surface area contributed by atoms with Crippen molar-refractivity contribution < 1.29 is 4.92 Å². The number of nitro groups is 1. The van der Waals surface area contributed by atoms with E-state index in [2.05, 4.69) is 10.3 Å². The third-order valence-electron chi connectivity index (χ3n) is 2.88. The molecule has 0 spiro atoms. The van der Waals surface area contributed by atoms with Crippen LogP contribution >= 0.6 is 11.6 Å². The molecular formula is C12H14ClN5O2. The summed E-state index contributed by atoms with van der Waals surface area (Å²) >= 11 is 5.77. The molecule has 0 aliphatic carbocycles. The number of nitro benzene ring substituents is 1. The number of nitrogens with two attached hydrogens (primary N) is 1. The molecule has 1 aromatic heterocycles. The molecule has 2 rings (SSSR count). The van der Waals surface area contributed by atoms with E-state index in [-0.39, 0.29) is 16.8 Å². The second kappa shape index (κ2) is 5.98. The second-order valence-corrected chi connectivity index (χ2v) is 4.78. The lowest BCUT2D eigenvalue weighted by molar-refractivity contribution is -0.384. The van der Waals surface area contributed by atoms with Gasteiger partial charge in [0.1, 0.15) is 5.02 Å². The molecule has 106 valence electrons. The summed E-state index contributed by atoms with van der Waals surface area (Å²) in [7, 11) is 0. The molecule has 0 aliphatic heterocycles. The summed E-state index contributed by atoms with van der Waals surface area (Å²) in [5.74, 6) is 0. The Morgan fingerprint density at radius 2 is 2.30 bits per heavy atom. The first kappa shape index (κ1) is 14.4. The molecule has 2 aromatic rings. The molecule has 0 saturated carbocycles. The Labute approximate surface area is 120 Å². The van der Waals surface area contributed by atoms with Crippen molar-refractivity contribution >= 4 is 17.3 Å². The summed E-state index contributed by atoms with van der Waals surface area (Å²) in [5.41, 5.74) is 6.96. The number of halogens is 1. The lowest BCUT2D eigenvalue weighted by Crippen LogP contribution is -2.10. The zero-order valence-electron chi connectivity index (χ0n) is 10.9. The average molecular weight is 296 g/mol. The minimum Gasteiger partial charge on any atom is -0.323 e. The van der Waals surface area contributed by atoms with E-state index in [0.717, 1.165) is 12.8 Å². The van der Waals surface area contributed by atoms with Crippen molar-refractivity contribution in [2.45, 2.75) is 25.8 Å². The Kier molecular flexibility index (Phi) is 4.31. The zero-order valence-corrected chi connectivity index (χ0v) is 11.6. The first-order valence-electron chi connectivity index (χ1n) is 6.15. The Bertz CT molecular complexity index is 628. The van der Waals surface area contributed by atoms with E-state index >= 15 is 0 Å². The summed E-state index contributed by atoms with van der Waals surface area (Å²) in [4.78, 5) is 10.3. The van der Waals surface area contributed by atoms with Gasteiger partial charge < -0.3 is 5.73 Å². The third kappa shape index (κ3) is 2.94. The molecule has 1 unspecified atom stereocenters. The molecule has 1 aromatic carbocycles. The van der Waals surface area contributed by atoms with Crippen LogP contribution in [0.15, 0.2) is 24.4 Å². The fourth-order valence-corrected chi connectivity index (χ4v) is 2.00. The number of hydrogen-bond acceptors (Lipinski definition) is 5. The Morgan fingerprint density at radius 1 is 1.55 bits per heavy atom. The maximum Gasteiger partial charge on any atom is 0.290 e. The van der Waals surface area contributed by atoms with Crippen molar-refractivity contribution in [2.24, 2.45) is 5.73 Å². The highest BCUT2D eigenvalue weighted by molar-refractivity contribution is 6.32. The van der Waals surface area contributed by atoms with Gasteiger partial charge in [-0.3, -0.25) is 10.1 Å². The molecule has 0 saturated heterocycles. The summed E-state index contributed by atoms with van der Waals surface area (Å²) < 4.78 is 1.45. The standard InChI is InChI=1S/C12H14ClN5O2/c1-2-3-10(14)11-7-17(16-15-11)8-4-5-9(13)12(6-8)18(19)20/h4-7,10H,2-3,14H2,1H3. The summed E-state index contributed by atoms with van der Waals surface area (Å²) in [5, 5.41) is 18.9. The lowest BCUT2D eigenvalue weighted by Gasteiger charge is -2.04. The van der Waals surface area contributed by atoms with Gasteiger partial charge in [-0.2, -0.15) is 0 Å². The zero-order chi connectivity index (χ0) is 14.7. The van der Waals surface area contributed by atoms with Crippen LogP contribution in [-0.4, -0.2) is 19.9 Å². The summed E-state index contributed by atoms with van der Waals surface area (Å²) in [6, 6.07) is 4.27.